The van der Waals surface area contributed by atoms with Crippen LogP contribution >= 0.6 is 0 Å². The van der Waals surface area contributed by atoms with Gasteiger partial charge in [-0.2, -0.15) is 0 Å². The van der Waals surface area contributed by atoms with Crippen molar-refractivity contribution < 1.29 is 0 Å². The average Bonchev–Trinajstić information content (AvgIpc) is 2.15. The molecule has 0 atom stereocenters. The zero-order valence-corrected chi connectivity index (χ0v) is 11.8. The molecule has 1 aliphatic carbocycles. The molecule has 1 fully saturated rings. The van der Waals surface area contributed by atoms with Crippen LogP contribution in [0.25, 0.3) is 0 Å². The molecule has 1 saturated carbocycles. The van der Waals surface area contributed by atoms with Gasteiger partial charge in [0.15, 0.2) is 0 Å². The molecule has 0 saturated heterocycles. The van der Waals surface area contributed by atoms with E-state index in [2.05, 4.69) is 39.6 Å². The standard InChI is InChI=1S/C14H30N2/c1-11(2)12-6-8-13(9-7-12)16(5)10-14(3,4)15/h11-13H,6-10,15H2,1-5H3. The zero-order valence-electron chi connectivity index (χ0n) is 11.8. The van der Waals surface area contributed by atoms with Crippen molar-refractivity contribution in [2.24, 2.45) is 17.6 Å². The maximum Gasteiger partial charge on any atom is 0.0226 e. The van der Waals surface area contributed by atoms with Crippen LogP contribution in [0.1, 0.15) is 53.4 Å². The van der Waals surface area contributed by atoms with Crippen molar-refractivity contribution in [3.8, 4) is 0 Å². The molecule has 0 bridgehead atoms. The topological polar surface area (TPSA) is 29.3 Å². The number of nitrogens with two attached hydrogens (primary N) is 1. The summed E-state index contributed by atoms with van der Waals surface area (Å²) in [5.74, 6) is 1.81. The summed E-state index contributed by atoms with van der Waals surface area (Å²) in [5.41, 5.74) is 6.01. The summed E-state index contributed by atoms with van der Waals surface area (Å²) < 4.78 is 0. The van der Waals surface area contributed by atoms with Gasteiger partial charge in [0, 0.05) is 18.1 Å². The van der Waals surface area contributed by atoms with E-state index in [0.29, 0.717) is 0 Å². The molecule has 0 amide bonds. The molecule has 0 aromatic heterocycles. The number of nitrogens with zero attached hydrogens (tertiary/aromatic N) is 1. The van der Waals surface area contributed by atoms with Crippen LogP contribution < -0.4 is 5.73 Å². The Labute approximate surface area is 102 Å². The third-order valence-corrected chi connectivity index (χ3v) is 3.96. The quantitative estimate of drug-likeness (QED) is 0.798. The van der Waals surface area contributed by atoms with Crippen LogP contribution in [0.3, 0.4) is 0 Å². The first-order valence-electron chi connectivity index (χ1n) is 6.78. The van der Waals surface area contributed by atoms with Crippen molar-refractivity contribution >= 4 is 0 Å². The third kappa shape index (κ3) is 4.42. The Balaban J connectivity index is 2.36. The Bertz CT molecular complexity index is 197. The summed E-state index contributed by atoms with van der Waals surface area (Å²) in [6.45, 7) is 9.95. The molecule has 2 N–H and O–H groups in total. The highest BCUT2D eigenvalue weighted by Crippen LogP contribution is 2.31. The second-order valence-corrected chi connectivity index (χ2v) is 6.72. The number of hydrogen-bond donors (Lipinski definition) is 1. The molecule has 2 nitrogen and oxygen atoms in total. The monoisotopic (exact) mass is 226 g/mol. The summed E-state index contributed by atoms with van der Waals surface area (Å²) in [6, 6.07) is 0.762. The lowest BCUT2D eigenvalue weighted by molar-refractivity contribution is 0.130. The lowest BCUT2D eigenvalue weighted by Crippen LogP contribution is -2.48. The lowest BCUT2D eigenvalue weighted by atomic mass is 9.79. The second-order valence-electron chi connectivity index (χ2n) is 6.72. The first-order valence-corrected chi connectivity index (χ1v) is 6.78. The maximum absolute atomic E-state index is 6.08. The highest BCUT2D eigenvalue weighted by atomic mass is 15.1. The van der Waals surface area contributed by atoms with Crippen molar-refractivity contribution in [2.45, 2.75) is 65.0 Å². The van der Waals surface area contributed by atoms with Crippen LogP contribution in [0.2, 0.25) is 0 Å². The molecule has 0 spiro atoms. The van der Waals surface area contributed by atoms with Crippen LogP contribution in [-0.2, 0) is 0 Å². The van der Waals surface area contributed by atoms with E-state index < -0.39 is 0 Å². The molecule has 96 valence electrons. The molecular weight excluding hydrogens is 196 g/mol. The van der Waals surface area contributed by atoms with E-state index in [4.69, 9.17) is 5.73 Å². The van der Waals surface area contributed by atoms with Gasteiger partial charge in [0.1, 0.15) is 0 Å². The molecule has 0 heterocycles. The van der Waals surface area contributed by atoms with E-state index in [9.17, 15) is 0 Å². The molecule has 0 unspecified atom stereocenters. The Morgan fingerprint density at radius 1 is 1.19 bits per heavy atom. The summed E-state index contributed by atoms with van der Waals surface area (Å²) in [6.07, 6.45) is 5.51. The highest BCUT2D eigenvalue weighted by Gasteiger charge is 2.27. The van der Waals surface area contributed by atoms with Crippen molar-refractivity contribution in [3.63, 3.8) is 0 Å². The average molecular weight is 226 g/mol. The minimum atomic E-state index is -0.0658. The minimum Gasteiger partial charge on any atom is -0.324 e. The van der Waals surface area contributed by atoms with Crippen molar-refractivity contribution in [1.29, 1.82) is 0 Å². The molecule has 1 aliphatic rings. The fraction of sp³-hybridized carbons (Fsp3) is 1.00. The SMILES string of the molecule is CC(C)C1CCC(N(C)CC(C)(C)N)CC1. The largest absolute Gasteiger partial charge is 0.324 e. The Kier molecular flexibility index (Phi) is 4.81. The van der Waals surface area contributed by atoms with Gasteiger partial charge in [-0.15, -0.1) is 0 Å². The normalized spacial score (nSPS) is 27.8. The van der Waals surface area contributed by atoms with E-state index >= 15 is 0 Å². The van der Waals surface area contributed by atoms with Gasteiger partial charge in [0.05, 0.1) is 0 Å². The first kappa shape index (κ1) is 14.0. The predicted molar refractivity (Wildman–Crippen MR) is 71.5 cm³/mol. The molecule has 0 aliphatic heterocycles. The Morgan fingerprint density at radius 3 is 2.06 bits per heavy atom. The molecule has 1 rings (SSSR count). The summed E-state index contributed by atoms with van der Waals surface area (Å²) >= 11 is 0. The molecule has 0 aromatic carbocycles. The second kappa shape index (κ2) is 5.50. The number of hydrogen-bond acceptors (Lipinski definition) is 2. The molecule has 16 heavy (non-hydrogen) atoms. The van der Waals surface area contributed by atoms with Crippen LogP contribution in [-0.4, -0.2) is 30.1 Å². The predicted octanol–water partition coefficient (Wildman–Crippen LogP) is 2.87. The van der Waals surface area contributed by atoms with Crippen molar-refractivity contribution in [1.82, 2.24) is 4.90 Å². The number of rotatable bonds is 4. The van der Waals surface area contributed by atoms with Crippen LogP contribution in [0.5, 0.6) is 0 Å². The Morgan fingerprint density at radius 2 is 1.69 bits per heavy atom. The van der Waals surface area contributed by atoms with E-state index in [-0.39, 0.29) is 5.54 Å². The van der Waals surface area contributed by atoms with E-state index in [1.54, 1.807) is 0 Å². The molecule has 2 heteroatoms. The van der Waals surface area contributed by atoms with Gasteiger partial charge in [0.2, 0.25) is 0 Å². The van der Waals surface area contributed by atoms with E-state index in [0.717, 1.165) is 24.4 Å². The van der Waals surface area contributed by atoms with Crippen molar-refractivity contribution in [3.05, 3.63) is 0 Å². The maximum atomic E-state index is 6.08. The van der Waals surface area contributed by atoms with Gasteiger partial charge in [-0.05, 0) is 58.4 Å². The Hall–Kier alpha value is -0.0800. The molecule has 0 radical (unpaired) electrons. The third-order valence-electron chi connectivity index (χ3n) is 3.96. The lowest BCUT2D eigenvalue weighted by Gasteiger charge is -2.38. The van der Waals surface area contributed by atoms with Gasteiger partial charge < -0.3 is 10.6 Å². The highest BCUT2D eigenvalue weighted by molar-refractivity contribution is 4.83. The first-order chi connectivity index (χ1) is 7.29. The van der Waals surface area contributed by atoms with E-state index in [1.165, 1.54) is 25.7 Å². The van der Waals surface area contributed by atoms with Gasteiger partial charge in [-0.1, -0.05) is 13.8 Å². The van der Waals surface area contributed by atoms with Crippen molar-refractivity contribution in [2.75, 3.05) is 13.6 Å². The van der Waals surface area contributed by atoms with Gasteiger partial charge in [-0.25, -0.2) is 0 Å². The molecular formula is C14H30N2. The van der Waals surface area contributed by atoms with Crippen LogP contribution in [0.15, 0.2) is 0 Å². The van der Waals surface area contributed by atoms with Gasteiger partial charge in [0.25, 0.3) is 0 Å². The van der Waals surface area contributed by atoms with E-state index in [1.807, 2.05) is 0 Å². The zero-order chi connectivity index (χ0) is 12.3. The fourth-order valence-corrected chi connectivity index (χ4v) is 2.98. The number of likely N-dealkylation sites (N-methyl/N-ethyl adjacent to an activating group) is 1. The smallest absolute Gasteiger partial charge is 0.0226 e. The fourth-order valence-electron chi connectivity index (χ4n) is 2.98. The summed E-state index contributed by atoms with van der Waals surface area (Å²) in [4.78, 5) is 2.47. The summed E-state index contributed by atoms with van der Waals surface area (Å²) in [5, 5.41) is 0. The summed E-state index contributed by atoms with van der Waals surface area (Å²) in [7, 11) is 2.23. The van der Waals surface area contributed by atoms with Crippen LogP contribution in [0.4, 0.5) is 0 Å². The van der Waals surface area contributed by atoms with Crippen LogP contribution in [0, 0.1) is 11.8 Å². The van der Waals surface area contributed by atoms with Gasteiger partial charge >= 0.3 is 0 Å². The minimum absolute atomic E-state index is 0.0658. The van der Waals surface area contributed by atoms with Gasteiger partial charge in [-0.3, -0.25) is 0 Å². The molecule has 0 aromatic rings.